The number of hydrogen-bond donors (Lipinski definition) is 0. The zero-order valence-electron chi connectivity index (χ0n) is 16.1. The third-order valence-electron chi connectivity index (χ3n) is 6.29. The van der Waals surface area contributed by atoms with Crippen molar-refractivity contribution in [1.82, 2.24) is 0 Å². The number of fused-ring (bicyclic) bond motifs is 5. The summed E-state index contributed by atoms with van der Waals surface area (Å²) in [4.78, 5) is 39.5. The van der Waals surface area contributed by atoms with Gasteiger partial charge in [-0.25, -0.2) is 4.90 Å². The van der Waals surface area contributed by atoms with Gasteiger partial charge in [-0.2, -0.15) is 0 Å². The molecule has 0 aromatic heterocycles. The number of hydrogen-bond acceptors (Lipinski definition) is 4. The fourth-order valence-electron chi connectivity index (χ4n) is 4.84. The van der Waals surface area contributed by atoms with Crippen molar-refractivity contribution in [2.75, 3.05) is 11.5 Å². The zero-order chi connectivity index (χ0) is 20.1. The highest BCUT2D eigenvalue weighted by atomic mass is 16.5. The van der Waals surface area contributed by atoms with Gasteiger partial charge in [-0.15, -0.1) is 0 Å². The second-order valence-corrected chi connectivity index (χ2v) is 8.09. The molecule has 0 radical (unpaired) electrons. The van der Waals surface area contributed by atoms with Gasteiger partial charge >= 0.3 is 0 Å². The normalized spacial score (nSPS) is 26.9. The molecule has 5 rings (SSSR count). The minimum atomic E-state index is -0.231. The van der Waals surface area contributed by atoms with Crippen LogP contribution >= 0.6 is 0 Å². The molecule has 2 fully saturated rings. The average molecular weight is 387 g/mol. The molecule has 0 spiro atoms. The minimum absolute atomic E-state index is 0.103. The van der Waals surface area contributed by atoms with Crippen molar-refractivity contribution in [2.45, 2.75) is 13.3 Å². The Morgan fingerprint density at radius 2 is 1.66 bits per heavy atom. The van der Waals surface area contributed by atoms with Crippen LogP contribution in [0.5, 0.6) is 5.75 Å². The lowest BCUT2D eigenvalue weighted by molar-refractivity contribution is -0.123. The fraction of sp³-hybridized carbons (Fsp3) is 0.292. The fourth-order valence-corrected chi connectivity index (χ4v) is 4.84. The van der Waals surface area contributed by atoms with Crippen LogP contribution in [0.4, 0.5) is 5.69 Å². The third-order valence-corrected chi connectivity index (χ3v) is 6.29. The number of carbonyl (C=O) groups is 3. The van der Waals surface area contributed by atoms with E-state index in [1.807, 2.05) is 19.1 Å². The largest absolute Gasteiger partial charge is 0.485 e. The summed E-state index contributed by atoms with van der Waals surface area (Å²) in [6.07, 6.45) is 5.07. The molecule has 1 heterocycles. The first-order valence-corrected chi connectivity index (χ1v) is 9.92. The summed E-state index contributed by atoms with van der Waals surface area (Å²) >= 11 is 0. The first kappa shape index (κ1) is 17.9. The summed E-state index contributed by atoms with van der Waals surface area (Å²) in [6.45, 7) is 1.86. The van der Waals surface area contributed by atoms with E-state index < -0.39 is 0 Å². The first-order chi connectivity index (χ1) is 14.0. The van der Waals surface area contributed by atoms with Crippen LogP contribution in [-0.2, 0) is 9.59 Å². The van der Waals surface area contributed by atoms with Gasteiger partial charge in [0.15, 0.2) is 12.4 Å². The summed E-state index contributed by atoms with van der Waals surface area (Å²) in [7, 11) is 0. The van der Waals surface area contributed by atoms with E-state index in [4.69, 9.17) is 4.74 Å². The lowest BCUT2D eigenvalue weighted by Gasteiger charge is -2.18. The summed E-state index contributed by atoms with van der Waals surface area (Å²) in [5, 5.41) is 0. The molecule has 29 heavy (non-hydrogen) atoms. The van der Waals surface area contributed by atoms with Crippen LogP contribution in [0.15, 0.2) is 60.7 Å². The van der Waals surface area contributed by atoms with E-state index in [0.29, 0.717) is 17.0 Å². The Hall–Kier alpha value is -3.21. The predicted octanol–water partition coefficient (Wildman–Crippen LogP) is 3.57. The quantitative estimate of drug-likeness (QED) is 0.447. The van der Waals surface area contributed by atoms with Crippen LogP contribution in [0.1, 0.15) is 22.3 Å². The molecule has 2 amide bonds. The van der Waals surface area contributed by atoms with Crippen molar-refractivity contribution in [3.63, 3.8) is 0 Å². The molecule has 2 aliphatic carbocycles. The number of nitrogens with zero attached hydrogens (tertiary/aromatic N) is 1. The van der Waals surface area contributed by atoms with Crippen LogP contribution < -0.4 is 9.64 Å². The summed E-state index contributed by atoms with van der Waals surface area (Å²) in [6, 6.07) is 14.2. The van der Waals surface area contributed by atoms with Crippen molar-refractivity contribution >= 4 is 23.3 Å². The first-order valence-electron chi connectivity index (χ1n) is 9.92. The van der Waals surface area contributed by atoms with Crippen LogP contribution in [0.2, 0.25) is 0 Å². The van der Waals surface area contributed by atoms with Crippen LogP contribution in [0.25, 0.3) is 0 Å². The standard InChI is InChI=1S/C24H21NO4/c1-14-5-7-15(8-6-14)20(26)13-29-19-4-2-3-18(12-19)25-23(27)21-16-9-10-17(11-16)22(21)24(25)28/h2-10,12,16-17,21-22H,11,13H2,1H3/t16-,17+,21-,22-/m0/s1. The van der Waals surface area contributed by atoms with Gasteiger partial charge in [-0.3, -0.25) is 14.4 Å². The summed E-state index contributed by atoms with van der Waals surface area (Å²) in [5.41, 5.74) is 2.19. The van der Waals surface area contributed by atoms with Gasteiger partial charge in [0.05, 0.1) is 17.5 Å². The number of ketones is 1. The number of benzene rings is 2. The maximum absolute atomic E-state index is 13.0. The van der Waals surface area contributed by atoms with Gasteiger partial charge in [-0.05, 0) is 37.3 Å². The monoisotopic (exact) mass is 387 g/mol. The van der Waals surface area contributed by atoms with E-state index in [0.717, 1.165) is 12.0 Å². The second-order valence-electron chi connectivity index (χ2n) is 8.09. The van der Waals surface area contributed by atoms with Crippen molar-refractivity contribution in [1.29, 1.82) is 0 Å². The van der Waals surface area contributed by atoms with Crippen molar-refractivity contribution in [2.24, 2.45) is 23.7 Å². The van der Waals surface area contributed by atoms with E-state index in [-0.39, 0.29) is 47.9 Å². The van der Waals surface area contributed by atoms with Gasteiger partial charge in [-0.1, -0.05) is 48.0 Å². The number of amides is 2. The van der Waals surface area contributed by atoms with Gasteiger partial charge in [0.1, 0.15) is 5.75 Å². The molecule has 0 unspecified atom stereocenters. The molecule has 146 valence electrons. The van der Waals surface area contributed by atoms with Crippen molar-refractivity contribution in [3.05, 3.63) is 71.8 Å². The molecular formula is C24H21NO4. The highest BCUT2D eigenvalue weighted by Crippen LogP contribution is 2.53. The van der Waals surface area contributed by atoms with E-state index in [1.165, 1.54) is 4.90 Å². The molecule has 1 aliphatic heterocycles. The Morgan fingerprint density at radius 1 is 1.00 bits per heavy atom. The SMILES string of the molecule is Cc1ccc(C(=O)COc2cccc(N3C(=O)[C@@H]4[C@@H](C3=O)[C@H]3C=C[C@@H]4C3)c2)cc1. The van der Waals surface area contributed by atoms with E-state index in [2.05, 4.69) is 12.2 Å². The lowest BCUT2D eigenvalue weighted by atomic mass is 9.85. The number of allylic oxidation sites excluding steroid dienone is 2. The number of rotatable bonds is 5. The topological polar surface area (TPSA) is 63.7 Å². The smallest absolute Gasteiger partial charge is 0.238 e. The molecule has 2 aromatic carbocycles. The van der Waals surface area contributed by atoms with Crippen molar-refractivity contribution in [3.8, 4) is 5.75 Å². The third kappa shape index (κ3) is 2.89. The molecule has 2 bridgehead atoms. The maximum Gasteiger partial charge on any atom is 0.238 e. The molecule has 5 heteroatoms. The summed E-state index contributed by atoms with van der Waals surface area (Å²) in [5.74, 6) is -0.0107. The Bertz CT molecular complexity index is 1010. The number of aryl methyl sites for hydroxylation is 1. The van der Waals surface area contributed by atoms with Crippen LogP contribution in [0, 0.1) is 30.6 Å². The van der Waals surface area contributed by atoms with Gasteiger partial charge in [0.25, 0.3) is 0 Å². The van der Waals surface area contributed by atoms with Gasteiger partial charge in [0.2, 0.25) is 11.8 Å². The minimum Gasteiger partial charge on any atom is -0.485 e. The van der Waals surface area contributed by atoms with Crippen molar-refractivity contribution < 1.29 is 19.1 Å². The molecule has 1 saturated heterocycles. The molecule has 4 atom stereocenters. The Kier molecular flexibility index (Phi) is 4.12. The van der Waals surface area contributed by atoms with Crippen LogP contribution in [0.3, 0.4) is 0 Å². The van der Waals surface area contributed by atoms with Gasteiger partial charge < -0.3 is 4.74 Å². The average Bonchev–Trinajstić information content (AvgIpc) is 3.41. The number of carbonyl (C=O) groups excluding carboxylic acids is 3. The Balaban J connectivity index is 1.31. The highest BCUT2D eigenvalue weighted by molar-refractivity contribution is 6.22. The van der Waals surface area contributed by atoms with Crippen LogP contribution in [-0.4, -0.2) is 24.2 Å². The molecule has 5 nitrogen and oxygen atoms in total. The number of imide groups is 1. The number of Topliss-reactive ketones (excluding diaryl/α,β-unsaturated/α-hetero) is 1. The summed E-state index contributed by atoms with van der Waals surface area (Å²) < 4.78 is 5.66. The van der Waals surface area contributed by atoms with E-state index in [9.17, 15) is 14.4 Å². The Labute approximate surface area is 169 Å². The number of anilines is 1. The predicted molar refractivity (Wildman–Crippen MR) is 108 cm³/mol. The van der Waals surface area contributed by atoms with Gasteiger partial charge in [0, 0.05) is 11.6 Å². The zero-order valence-corrected chi connectivity index (χ0v) is 16.1. The molecule has 3 aliphatic rings. The van der Waals surface area contributed by atoms with E-state index >= 15 is 0 Å². The maximum atomic E-state index is 13.0. The second kappa shape index (κ2) is 6.69. The molecule has 0 N–H and O–H groups in total. The molecule has 2 aromatic rings. The lowest BCUT2D eigenvalue weighted by Crippen LogP contribution is -2.32. The molecule has 1 saturated carbocycles. The van der Waals surface area contributed by atoms with E-state index in [1.54, 1.807) is 36.4 Å². The number of ether oxygens (including phenoxy) is 1. The molecular weight excluding hydrogens is 366 g/mol. The Morgan fingerprint density at radius 3 is 2.31 bits per heavy atom. The highest BCUT2D eigenvalue weighted by Gasteiger charge is 2.59.